The van der Waals surface area contributed by atoms with Crippen molar-refractivity contribution in [3.8, 4) is 0 Å². The van der Waals surface area contributed by atoms with Gasteiger partial charge in [0.05, 0.1) is 6.10 Å². The molecular formula is C11H23NOS. The Morgan fingerprint density at radius 2 is 2.36 bits per heavy atom. The zero-order chi connectivity index (χ0) is 10.2. The minimum atomic E-state index is 0.491. The van der Waals surface area contributed by atoms with Crippen LogP contribution in [-0.2, 0) is 4.74 Å². The smallest absolute Gasteiger partial charge is 0.0700 e. The van der Waals surface area contributed by atoms with Crippen molar-refractivity contribution in [2.24, 2.45) is 5.92 Å². The number of nitrogens with one attached hydrogen (secondary N) is 1. The molecule has 2 nitrogen and oxygen atoms in total. The third-order valence-corrected chi connectivity index (χ3v) is 3.67. The SMILES string of the molecule is CC(C)CSCCNCC1CCCO1. The first-order valence-electron chi connectivity index (χ1n) is 5.69. The van der Waals surface area contributed by atoms with Gasteiger partial charge >= 0.3 is 0 Å². The fourth-order valence-electron chi connectivity index (χ4n) is 1.53. The van der Waals surface area contributed by atoms with Crippen LogP contribution in [0.4, 0.5) is 0 Å². The Labute approximate surface area is 92.2 Å². The van der Waals surface area contributed by atoms with Crippen molar-refractivity contribution >= 4 is 11.8 Å². The molecule has 0 aromatic rings. The summed E-state index contributed by atoms with van der Waals surface area (Å²) in [5, 5.41) is 3.46. The first-order chi connectivity index (χ1) is 6.79. The largest absolute Gasteiger partial charge is 0.377 e. The Hall–Kier alpha value is 0.270. The van der Waals surface area contributed by atoms with E-state index in [1.807, 2.05) is 11.8 Å². The Morgan fingerprint density at radius 3 is 3.00 bits per heavy atom. The molecule has 1 N–H and O–H groups in total. The Morgan fingerprint density at radius 1 is 1.50 bits per heavy atom. The second-order valence-electron chi connectivity index (χ2n) is 4.31. The van der Waals surface area contributed by atoms with Crippen LogP contribution in [0.5, 0.6) is 0 Å². The van der Waals surface area contributed by atoms with E-state index >= 15 is 0 Å². The normalized spacial score (nSPS) is 22.1. The second-order valence-corrected chi connectivity index (χ2v) is 5.46. The van der Waals surface area contributed by atoms with E-state index in [1.54, 1.807) is 0 Å². The minimum absolute atomic E-state index is 0.491. The maximum Gasteiger partial charge on any atom is 0.0700 e. The van der Waals surface area contributed by atoms with Crippen molar-refractivity contribution in [2.75, 3.05) is 31.2 Å². The maximum atomic E-state index is 5.53. The van der Waals surface area contributed by atoms with E-state index in [0.717, 1.165) is 25.6 Å². The van der Waals surface area contributed by atoms with E-state index in [9.17, 15) is 0 Å². The lowest BCUT2D eigenvalue weighted by Gasteiger charge is -2.10. The molecule has 1 aliphatic rings. The third kappa shape index (κ3) is 5.89. The summed E-state index contributed by atoms with van der Waals surface area (Å²) >= 11 is 2.04. The molecule has 1 heterocycles. The summed E-state index contributed by atoms with van der Waals surface area (Å²) in [4.78, 5) is 0. The van der Waals surface area contributed by atoms with Crippen molar-refractivity contribution < 1.29 is 4.74 Å². The lowest BCUT2D eigenvalue weighted by Crippen LogP contribution is -2.28. The molecule has 1 atom stereocenters. The molecule has 0 aliphatic carbocycles. The molecule has 14 heavy (non-hydrogen) atoms. The van der Waals surface area contributed by atoms with E-state index in [4.69, 9.17) is 4.74 Å². The van der Waals surface area contributed by atoms with Crippen LogP contribution in [0.3, 0.4) is 0 Å². The van der Waals surface area contributed by atoms with Crippen molar-refractivity contribution in [1.82, 2.24) is 5.32 Å². The average molecular weight is 217 g/mol. The molecule has 1 saturated heterocycles. The molecule has 1 rings (SSSR count). The number of ether oxygens (including phenoxy) is 1. The minimum Gasteiger partial charge on any atom is -0.377 e. The highest BCUT2D eigenvalue weighted by Gasteiger charge is 2.13. The topological polar surface area (TPSA) is 21.3 Å². The number of rotatable bonds is 7. The summed E-state index contributed by atoms with van der Waals surface area (Å²) in [6.07, 6.45) is 2.98. The molecule has 1 aliphatic heterocycles. The zero-order valence-electron chi connectivity index (χ0n) is 9.42. The van der Waals surface area contributed by atoms with Crippen molar-refractivity contribution in [3.05, 3.63) is 0 Å². The third-order valence-electron chi connectivity index (χ3n) is 2.27. The van der Waals surface area contributed by atoms with E-state index in [2.05, 4.69) is 19.2 Å². The molecule has 0 bridgehead atoms. The predicted molar refractivity (Wildman–Crippen MR) is 64.0 cm³/mol. The monoisotopic (exact) mass is 217 g/mol. The van der Waals surface area contributed by atoms with Gasteiger partial charge in [0.25, 0.3) is 0 Å². The molecule has 0 aromatic carbocycles. The molecule has 0 amide bonds. The van der Waals surface area contributed by atoms with E-state index in [-0.39, 0.29) is 0 Å². The van der Waals surface area contributed by atoms with Gasteiger partial charge in [0.15, 0.2) is 0 Å². The van der Waals surface area contributed by atoms with Gasteiger partial charge in [0.2, 0.25) is 0 Å². The first kappa shape index (κ1) is 12.3. The summed E-state index contributed by atoms with van der Waals surface area (Å²) in [7, 11) is 0. The fraction of sp³-hybridized carbons (Fsp3) is 1.00. The van der Waals surface area contributed by atoms with Gasteiger partial charge in [-0.3, -0.25) is 0 Å². The maximum absolute atomic E-state index is 5.53. The zero-order valence-corrected chi connectivity index (χ0v) is 10.2. The van der Waals surface area contributed by atoms with Crippen LogP contribution < -0.4 is 5.32 Å². The van der Waals surface area contributed by atoms with Gasteiger partial charge < -0.3 is 10.1 Å². The summed E-state index contributed by atoms with van der Waals surface area (Å²) in [5.74, 6) is 3.32. The fourth-order valence-corrected chi connectivity index (χ4v) is 2.46. The lowest BCUT2D eigenvalue weighted by molar-refractivity contribution is 0.110. The highest BCUT2D eigenvalue weighted by molar-refractivity contribution is 7.99. The molecule has 0 radical (unpaired) electrons. The molecule has 1 unspecified atom stereocenters. The van der Waals surface area contributed by atoms with Gasteiger partial charge in [0, 0.05) is 25.4 Å². The van der Waals surface area contributed by atoms with Gasteiger partial charge in [-0.05, 0) is 24.5 Å². The van der Waals surface area contributed by atoms with E-state index in [1.165, 1.54) is 24.3 Å². The predicted octanol–water partition coefficient (Wildman–Crippen LogP) is 2.14. The van der Waals surface area contributed by atoms with Gasteiger partial charge in [0.1, 0.15) is 0 Å². The van der Waals surface area contributed by atoms with Crippen LogP contribution in [0.25, 0.3) is 0 Å². The molecule has 0 aromatic heterocycles. The Bertz CT molecular complexity index is 135. The summed E-state index contributed by atoms with van der Waals surface area (Å²) in [5.41, 5.74) is 0. The highest BCUT2D eigenvalue weighted by atomic mass is 32.2. The number of hydrogen-bond acceptors (Lipinski definition) is 3. The van der Waals surface area contributed by atoms with Crippen molar-refractivity contribution in [3.63, 3.8) is 0 Å². The van der Waals surface area contributed by atoms with Crippen LogP contribution in [0.1, 0.15) is 26.7 Å². The van der Waals surface area contributed by atoms with Crippen LogP contribution >= 0.6 is 11.8 Å². The van der Waals surface area contributed by atoms with Crippen molar-refractivity contribution in [1.29, 1.82) is 0 Å². The standard InChI is InChI=1S/C11H23NOS/c1-10(2)9-14-7-5-12-8-11-4-3-6-13-11/h10-12H,3-9H2,1-2H3. The quantitative estimate of drug-likeness (QED) is 0.660. The van der Waals surface area contributed by atoms with Gasteiger partial charge in [-0.1, -0.05) is 13.8 Å². The summed E-state index contributed by atoms with van der Waals surface area (Å²) in [6.45, 7) is 7.67. The molecule has 1 fully saturated rings. The molecular weight excluding hydrogens is 194 g/mol. The lowest BCUT2D eigenvalue weighted by atomic mass is 10.2. The first-order valence-corrected chi connectivity index (χ1v) is 6.84. The van der Waals surface area contributed by atoms with Crippen LogP contribution in [-0.4, -0.2) is 37.3 Å². The van der Waals surface area contributed by atoms with Crippen LogP contribution in [0, 0.1) is 5.92 Å². The van der Waals surface area contributed by atoms with Gasteiger partial charge in [-0.2, -0.15) is 11.8 Å². The summed E-state index contributed by atoms with van der Waals surface area (Å²) < 4.78 is 5.53. The summed E-state index contributed by atoms with van der Waals surface area (Å²) in [6, 6.07) is 0. The van der Waals surface area contributed by atoms with Gasteiger partial charge in [-0.25, -0.2) is 0 Å². The Kier molecular flexibility index (Phi) is 6.65. The second kappa shape index (κ2) is 7.55. The van der Waals surface area contributed by atoms with Gasteiger partial charge in [-0.15, -0.1) is 0 Å². The Balaban J connectivity index is 1.79. The van der Waals surface area contributed by atoms with Crippen molar-refractivity contribution in [2.45, 2.75) is 32.8 Å². The van der Waals surface area contributed by atoms with Crippen LogP contribution in [0.2, 0.25) is 0 Å². The number of thioether (sulfide) groups is 1. The highest BCUT2D eigenvalue weighted by Crippen LogP contribution is 2.10. The molecule has 84 valence electrons. The molecule has 0 spiro atoms. The average Bonchev–Trinajstić information content (AvgIpc) is 2.63. The number of hydrogen-bond donors (Lipinski definition) is 1. The van der Waals surface area contributed by atoms with E-state index in [0.29, 0.717) is 6.10 Å². The molecule has 3 heteroatoms. The van der Waals surface area contributed by atoms with E-state index < -0.39 is 0 Å². The molecule has 0 saturated carbocycles. The van der Waals surface area contributed by atoms with Crippen LogP contribution in [0.15, 0.2) is 0 Å².